The van der Waals surface area contributed by atoms with E-state index in [1.54, 1.807) is 0 Å². The van der Waals surface area contributed by atoms with Crippen LogP contribution >= 0.6 is 0 Å². The van der Waals surface area contributed by atoms with Gasteiger partial charge in [-0.3, -0.25) is 4.79 Å². The van der Waals surface area contributed by atoms with Crippen molar-refractivity contribution >= 4 is 5.91 Å². The fraction of sp³-hybridized carbons (Fsp3) is 0.917. The number of aliphatic hydroxyl groups is 1. The van der Waals surface area contributed by atoms with E-state index in [4.69, 9.17) is 5.11 Å². The predicted octanol–water partition coefficient (Wildman–Crippen LogP) is 0.899. The minimum absolute atomic E-state index is 0.0125. The van der Waals surface area contributed by atoms with Gasteiger partial charge in [0, 0.05) is 19.1 Å². The third-order valence-corrected chi connectivity index (χ3v) is 2.63. The predicted molar refractivity (Wildman–Crippen MR) is 66.2 cm³/mol. The Morgan fingerprint density at radius 3 is 2.44 bits per heavy atom. The summed E-state index contributed by atoms with van der Waals surface area (Å²) in [6.45, 7) is 7.18. The van der Waals surface area contributed by atoms with Crippen LogP contribution in [-0.4, -0.2) is 37.3 Å². The van der Waals surface area contributed by atoms with Gasteiger partial charge in [-0.05, 0) is 31.8 Å². The molecule has 0 aromatic heterocycles. The average Bonchev–Trinajstić information content (AvgIpc) is 2.16. The summed E-state index contributed by atoms with van der Waals surface area (Å²) in [5, 5.41) is 15.0. The van der Waals surface area contributed by atoms with E-state index in [0.29, 0.717) is 12.8 Å². The molecule has 0 aliphatic rings. The van der Waals surface area contributed by atoms with E-state index in [0.717, 1.165) is 13.0 Å². The number of amides is 1. The van der Waals surface area contributed by atoms with Gasteiger partial charge in [0.15, 0.2) is 0 Å². The van der Waals surface area contributed by atoms with Crippen LogP contribution in [0.25, 0.3) is 0 Å². The highest BCUT2D eigenvalue weighted by atomic mass is 16.3. The summed E-state index contributed by atoms with van der Waals surface area (Å²) >= 11 is 0. The molecule has 3 N–H and O–H groups in total. The van der Waals surface area contributed by atoms with Crippen molar-refractivity contribution in [2.24, 2.45) is 5.41 Å². The normalized spacial score (nSPS) is 13.6. The smallest absolute Gasteiger partial charge is 0.220 e. The van der Waals surface area contributed by atoms with Crippen molar-refractivity contribution < 1.29 is 9.90 Å². The summed E-state index contributed by atoms with van der Waals surface area (Å²) in [4.78, 5) is 11.6. The molecule has 0 bridgehead atoms. The molecule has 16 heavy (non-hydrogen) atoms. The molecule has 0 aliphatic carbocycles. The summed E-state index contributed by atoms with van der Waals surface area (Å²) in [5.41, 5.74) is -0.0125. The van der Waals surface area contributed by atoms with Crippen molar-refractivity contribution in [2.75, 3.05) is 20.2 Å². The fourth-order valence-electron chi connectivity index (χ4n) is 1.54. The van der Waals surface area contributed by atoms with Crippen molar-refractivity contribution in [1.29, 1.82) is 0 Å². The molecule has 96 valence electrons. The molecule has 4 heteroatoms. The van der Waals surface area contributed by atoms with Gasteiger partial charge in [0.2, 0.25) is 5.91 Å². The van der Waals surface area contributed by atoms with Crippen LogP contribution in [0.1, 0.15) is 40.0 Å². The maximum absolute atomic E-state index is 11.6. The van der Waals surface area contributed by atoms with Gasteiger partial charge in [0.25, 0.3) is 0 Å². The minimum atomic E-state index is -0.0125. The monoisotopic (exact) mass is 230 g/mol. The van der Waals surface area contributed by atoms with Crippen molar-refractivity contribution in [1.82, 2.24) is 10.6 Å². The van der Waals surface area contributed by atoms with Crippen molar-refractivity contribution in [3.05, 3.63) is 0 Å². The molecule has 0 radical (unpaired) electrons. The molecule has 1 amide bonds. The zero-order chi connectivity index (χ0) is 12.6. The number of rotatable bonds is 7. The van der Waals surface area contributed by atoms with Gasteiger partial charge >= 0.3 is 0 Å². The summed E-state index contributed by atoms with van der Waals surface area (Å²) in [6, 6.07) is 0.0413. The molecule has 0 saturated heterocycles. The Hall–Kier alpha value is -0.610. The summed E-state index contributed by atoms with van der Waals surface area (Å²) in [5.74, 6) is 0.0728. The van der Waals surface area contributed by atoms with Crippen LogP contribution in [0.15, 0.2) is 0 Å². The Morgan fingerprint density at radius 2 is 2.00 bits per heavy atom. The Kier molecular flexibility index (Phi) is 7.34. The molecule has 0 aromatic rings. The van der Waals surface area contributed by atoms with Crippen LogP contribution in [0.4, 0.5) is 0 Å². The van der Waals surface area contributed by atoms with Gasteiger partial charge < -0.3 is 15.7 Å². The van der Waals surface area contributed by atoms with Crippen LogP contribution in [-0.2, 0) is 4.79 Å². The SMILES string of the molecule is CNCCCC(=O)NC(CCO)C(C)(C)C. The van der Waals surface area contributed by atoms with E-state index < -0.39 is 0 Å². The van der Waals surface area contributed by atoms with Gasteiger partial charge in [-0.2, -0.15) is 0 Å². The topological polar surface area (TPSA) is 61.4 Å². The maximum Gasteiger partial charge on any atom is 0.220 e. The van der Waals surface area contributed by atoms with Crippen LogP contribution in [0.3, 0.4) is 0 Å². The van der Waals surface area contributed by atoms with Crippen molar-refractivity contribution in [3.63, 3.8) is 0 Å². The molecule has 1 atom stereocenters. The highest BCUT2D eigenvalue weighted by molar-refractivity contribution is 5.76. The molecule has 0 fully saturated rings. The number of nitrogens with one attached hydrogen (secondary N) is 2. The molecule has 0 heterocycles. The van der Waals surface area contributed by atoms with Crippen LogP contribution < -0.4 is 10.6 Å². The molecule has 0 spiro atoms. The van der Waals surface area contributed by atoms with Crippen LogP contribution in [0.2, 0.25) is 0 Å². The molecule has 0 aromatic carbocycles. The lowest BCUT2D eigenvalue weighted by atomic mass is 9.85. The summed E-state index contributed by atoms with van der Waals surface area (Å²) in [6.07, 6.45) is 2.00. The molecule has 0 rings (SSSR count). The van der Waals surface area contributed by atoms with E-state index in [1.165, 1.54) is 0 Å². The number of carbonyl (C=O) groups excluding carboxylic acids is 1. The Balaban J connectivity index is 4.04. The third-order valence-electron chi connectivity index (χ3n) is 2.63. The number of hydrogen-bond donors (Lipinski definition) is 3. The first-order valence-corrected chi connectivity index (χ1v) is 5.96. The standard InChI is InChI=1S/C12H26N2O2/c1-12(2,3)10(7-9-15)14-11(16)6-5-8-13-4/h10,13,15H,5-9H2,1-4H3,(H,14,16). The quantitative estimate of drug-likeness (QED) is 0.569. The molecular formula is C12H26N2O2. The van der Waals surface area contributed by atoms with E-state index in [1.807, 2.05) is 7.05 Å². The number of aliphatic hydroxyl groups excluding tert-OH is 1. The minimum Gasteiger partial charge on any atom is -0.396 e. The Bertz CT molecular complexity index is 200. The lowest BCUT2D eigenvalue weighted by Crippen LogP contribution is -2.44. The van der Waals surface area contributed by atoms with Crippen molar-refractivity contribution in [3.8, 4) is 0 Å². The first-order chi connectivity index (χ1) is 7.41. The maximum atomic E-state index is 11.6. The highest BCUT2D eigenvalue weighted by Crippen LogP contribution is 2.21. The second-order valence-corrected chi connectivity index (χ2v) is 5.21. The fourth-order valence-corrected chi connectivity index (χ4v) is 1.54. The van der Waals surface area contributed by atoms with Gasteiger partial charge in [-0.15, -0.1) is 0 Å². The first kappa shape index (κ1) is 15.4. The highest BCUT2D eigenvalue weighted by Gasteiger charge is 2.25. The molecule has 4 nitrogen and oxygen atoms in total. The van der Waals surface area contributed by atoms with Gasteiger partial charge in [0.1, 0.15) is 0 Å². The lowest BCUT2D eigenvalue weighted by molar-refractivity contribution is -0.122. The first-order valence-electron chi connectivity index (χ1n) is 5.96. The lowest BCUT2D eigenvalue weighted by Gasteiger charge is -2.31. The van der Waals surface area contributed by atoms with Gasteiger partial charge in [0.05, 0.1) is 0 Å². The molecular weight excluding hydrogens is 204 g/mol. The average molecular weight is 230 g/mol. The third kappa shape index (κ3) is 6.80. The second-order valence-electron chi connectivity index (χ2n) is 5.21. The zero-order valence-electron chi connectivity index (χ0n) is 11.0. The van der Waals surface area contributed by atoms with E-state index in [9.17, 15) is 4.79 Å². The van der Waals surface area contributed by atoms with Gasteiger partial charge in [-0.1, -0.05) is 20.8 Å². The van der Waals surface area contributed by atoms with E-state index >= 15 is 0 Å². The summed E-state index contributed by atoms with van der Waals surface area (Å²) in [7, 11) is 1.88. The van der Waals surface area contributed by atoms with Gasteiger partial charge in [-0.25, -0.2) is 0 Å². The molecule has 0 aliphatic heterocycles. The Morgan fingerprint density at radius 1 is 1.38 bits per heavy atom. The second kappa shape index (κ2) is 7.63. The molecule has 1 unspecified atom stereocenters. The van der Waals surface area contributed by atoms with Crippen LogP contribution in [0, 0.1) is 5.41 Å². The van der Waals surface area contributed by atoms with Crippen molar-refractivity contribution in [2.45, 2.75) is 46.1 Å². The Labute approximate surface area is 98.8 Å². The van der Waals surface area contributed by atoms with E-state index in [2.05, 4.69) is 31.4 Å². The number of hydrogen-bond acceptors (Lipinski definition) is 3. The summed E-state index contributed by atoms with van der Waals surface area (Å²) < 4.78 is 0. The molecule has 0 saturated carbocycles. The largest absolute Gasteiger partial charge is 0.396 e. The zero-order valence-corrected chi connectivity index (χ0v) is 11.0. The van der Waals surface area contributed by atoms with E-state index in [-0.39, 0.29) is 24.0 Å². The number of carbonyl (C=O) groups is 1. The van der Waals surface area contributed by atoms with Crippen LogP contribution in [0.5, 0.6) is 0 Å².